The number of aliphatic carboxylic acids is 1. The van der Waals surface area contributed by atoms with Gasteiger partial charge in [-0.15, -0.1) is 0 Å². The van der Waals surface area contributed by atoms with Gasteiger partial charge in [0.15, 0.2) is 6.10 Å². The molecule has 0 spiro atoms. The Hall–Kier alpha value is -1.10. The highest BCUT2D eigenvalue weighted by atomic mass is 16.5. The number of hydrogen-bond donors (Lipinski definition) is 0. The Bertz CT molecular complexity index is 417. The summed E-state index contributed by atoms with van der Waals surface area (Å²) in [6.07, 6.45) is 13.1. The molecule has 166 valence electrons. The predicted octanol–water partition coefficient (Wildman–Crippen LogP) is 4.08. The molecule has 0 amide bonds. The van der Waals surface area contributed by atoms with E-state index in [2.05, 4.69) is 13.8 Å². The van der Waals surface area contributed by atoms with Crippen molar-refractivity contribution in [2.75, 3.05) is 27.7 Å². The monoisotopic (exact) mass is 399 g/mol. The normalized spacial score (nSPS) is 13.9. The van der Waals surface area contributed by atoms with E-state index in [0.29, 0.717) is 17.4 Å². The molecule has 0 N–H and O–H groups in total. The molecule has 28 heavy (non-hydrogen) atoms. The van der Waals surface area contributed by atoms with Gasteiger partial charge in [-0.1, -0.05) is 78.1 Å². The molecular weight excluding hydrogens is 354 g/mol. The van der Waals surface area contributed by atoms with E-state index >= 15 is 0 Å². The summed E-state index contributed by atoms with van der Waals surface area (Å²) >= 11 is 0. The van der Waals surface area contributed by atoms with Gasteiger partial charge in [-0.25, -0.2) is 0 Å². The van der Waals surface area contributed by atoms with Gasteiger partial charge in [-0.3, -0.25) is 4.79 Å². The molecule has 0 aromatic rings. The van der Waals surface area contributed by atoms with Gasteiger partial charge in [0.05, 0.1) is 21.1 Å². The number of carbonyl (C=O) groups is 2. The van der Waals surface area contributed by atoms with E-state index in [-0.39, 0.29) is 12.4 Å². The first-order valence-electron chi connectivity index (χ1n) is 11.3. The fraction of sp³-hybridized carbons (Fsp3) is 0.913. The van der Waals surface area contributed by atoms with Crippen LogP contribution in [0, 0.1) is 5.92 Å². The molecule has 0 aromatic heterocycles. The van der Waals surface area contributed by atoms with Gasteiger partial charge in [0, 0.05) is 18.8 Å². The lowest BCUT2D eigenvalue weighted by molar-refractivity contribution is -0.873. The number of rotatable bonds is 18. The second-order valence-electron chi connectivity index (χ2n) is 9.42. The summed E-state index contributed by atoms with van der Waals surface area (Å²) in [4.78, 5) is 22.9. The molecule has 0 bridgehead atoms. The minimum Gasteiger partial charge on any atom is -0.550 e. The minimum absolute atomic E-state index is 0.238. The number of ether oxygens (including phenoxy) is 1. The molecule has 0 heterocycles. The van der Waals surface area contributed by atoms with Gasteiger partial charge in [-0.05, 0) is 12.3 Å². The van der Waals surface area contributed by atoms with Crippen molar-refractivity contribution in [2.24, 2.45) is 5.92 Å². The average molecular weight is 400 g/mol. The summed E-state index contributed by atoms with van der Waals surface area (Å²) in [7, 11) is 5.84. The maximum atomic E-state index is 12.0. The third-order valence-electron chi connectivity index (χ3n) is 5.07. The summed E-state index contributed by atoms with van der Waals surface area (Å²) in [5.41, 5.74) is 0. The van der Waals surface area contributed by atoms with Crippen LogP contribution in [0.25, 0.3) is 0 Å². The molecule has 0 aliphatic rings. The first kappa shape index (κ1) is 26.9. The lowest BCUT2D eigenvalue weighted by atomic mass is 9.96. The van der Waals surface area contributed by atoms with Gasteiger partial charge in [0.1, 0.15) is 6.54 Å². The summed E-state index contributed by atoms with van der Waals surface area (Å²) in [6, 6.07) is 0. The van der Waals surface area contributed by atoms with Crippen molar-refractivity contribution < 1.29 is 23.9 Å². The van der Waals surface area contributed by atoms with Crippen LogP contribution in [0.3, 0.4) is 0 Å². The summed E-state index contributed by atoms with van der Waals surface area (Å²) in [5.74, 6) is -0.617. The van der Waals surface area contributed by atoms with Gasteiger partial charge < -0.3 is 19.1 Å². The number of carboxylic acid groups (broad SMARTS) is 1. The second kappa shape index (κ2) is 15.8. The average Bonchev–Trinajstić information content (AvgIpc) is 2.55. The summed E-state index contributed by atoms with van der Waals surface area (Å²) in [5, 5.41) is 10.9. The van der Waals surface area contributed by atoms with Crippen molar-refractivity contribution in [1.29, 1.82) is 0 Å². The molecule has 2 unspecified atom stereocenters. The highest BCUT2D eigenvalue weighted by Gasteiger charge is 2.22. The molecule has 0 saturated heterocycles. The molecule has 2 atom stereocenters. The minimum atomic E-state index is -1.18. The van der Waals surface area contributed by atoms with Crippen LogP contribution in [0.4, 0.5) is 0 Å². The van der Waals surface area contributed by atoms with E-state index in [4.69, 9.17) is 4.74 Å². The Morgan fingerprint density at radius 3 is 1.96 bits per heavy atom. The van der Waals surface area contributed by atoms with Crippen molar-refractivity contribution >= 4 is 11.9 Å². The van der Waals surface area contributed by atoms with Crippen LogP contribution < -0.4 is 5.11 Å². The Morgan fingerprint density at radius 2 is 1.43 bits per heavy atom. The van der Waals surface area contributed by atoms with Gasteiger partial charge in [0.2, 0.25) is 0 Å². The largest absolute Gasteiger partial charge is 0.550 e. The maximum absolute atomic E-state index is 12.0. The Kier molecular flexibility index (Phi) is 15.2. The van der Waals surface area contributed by atoms with Crippen molar-refractivity contribution in [3.05, 3.63) is 0 Å². The fourth-order valence-electron chi connectivity index (χ4n) is 3.54. The number of carboxylic acids is 1. The van der Waals surface area contributed by atoms with Crippen LogP contribution in [0.5, 0.6) is 0 Å². The predicted molar refractivity (Wildman–Crippen MR) is 113 cm³/mol. The van der Waals surface area contributed by atoms with Crippen LogP contribution in [-0.4, -0.2) is 50.2 Å². The second-order valence-corrected chi connectivity index (χ2v) is 9.42. The van der Waals surface area contributed by atoms with Crippen LogP contribution in [0.1, 0.15) is 97.3 Å². The van der Waals surface area contributed by atoms with Gasteiger partial charge in [0.25, 0.3) is 0 Å². The quantitative estimate of drug-likeness (QED) is 0.198. The zero-order chi connectivity index (χ0) is 21.4. The van der Waals surface area contributed by atoms with Gasteiger partial charge >= 0.3 is 5.97 Å². The van der Waals surface area contributed by atoms with E-state index in [0.717, 1.165) is 25.2 Å². The Balaban J connectivity index is 3.75. The van der Waals surface area contributed by atoms with E-state index in [1.807, 2.05) is 21.1 Å². The molecule has 0 fully saturated rings. The van der Waals surface area contributed by atoms with Crippen LogP contribution >= 0.6 is 0 Å². The zero-order valence-electron chi connectivity index (χ0n) is 19.1. The molecular formula is C23H45NO4. The molecule has 5 nitrogen and oxygen atoms in total. The van der Waals surface area contributed by atoms with Crippen LogP contribution in [-0.2, 0) is 14.3 Å². The summed E-state index contributed by atoms with van der Waals surface area (Å²) < 4.78 is 5.92. The van der Waals surface area contributed by atoms with Crippen LogP contribution in [0.2, 0.25) is 0 Å². The molecule has 0 aliphatic heterocycles. The highest BCUT2D eigenvalue weighted by molar-refractivity contribution is 5.70. The topological polar surface area (TPSA) is 66.4 Å². The Labute approximate surface area is 173 Å². The first-order chi connectivity index (χ1) is 13.1. The lowest BCUT2D eigenvalue weighted by Crippen LogP contribution is -2.45. The van der Waals surface area contributed by atoms with Crippen molar-refractivity contribution in [2.45, 2.75) is 103 Å². The van der Waals surface area contributed by atoms with E-state index in [1.54, 1.807) is 0 Å². The van der Waals surface area contributed by atoms with E-state index in [9.17, 15) is 14.7 Å². The fourth-order valence-corrected chi connectivity index (χ4v) is 3.54. The third kappa shape index (κ3) is 18.3. The standard InChI is InChI=1S/C23H45NO4/c1-6-7-12-15-20(2)16-13-10-8-9-11-14-17-23(27)28-21(18-22(25)26)19-24(3,4)5/h20-21H,6-19H2,1-5H3. The number of quaternary nitrogens is 1. The molecule has 0 aliphatic carbocycles. The Morgan fingerprint density at radius 1 is 0.893 bits per heavy atom. The number of unbranched alkanes of at least 4 members (excludes halogenated alkanes) is 7. The number of nitrogens with zero attached hydrogens (tertiary/aromatic N) is 1. The van der Waals surface area contributed by atoms with Gasteiger partial charge in [-0.2, -0.15) is 0 Å². The molecule has 0 aromatic carbocycles. The molecule has 0 radical (unpaired) electrons. The molecule has 5 heteroatoms. The van der Waals surface area contributed by atoms with Crippen molar-refractivity contribution in [1.82, 2.24) is 0 Å². The van der Waals surface area contributed by atoms with Crippen molar-refractivity contribution in [3.63, 3.8) is 0 Å². The lowest BCUT2D eigenvalue weighted by Gasteiger charge is -2.29. The smallest absolute Gasteiger partial charge is 0.306 e. The molecule has 0 saturated carbocycles. The number of esters is 1. The zero-order valence-corrected chi connectivity index (χ0v) is 19.1. The van der Waals surface area contributed by atoms with E-state index in [1.165, 1.54) is 51.4 Å². The SMILES string of the molecule is CCCCCC(C)CCCCCCCCC(=O)OC(CC(=O)[O-])C[N+](C)(C)C. The maximum Gasteiger partial charge on any atom is 0.306 e. The highest BCUT2D eigenvalue weighted by Crippen LogP contribution is 2.18. The number of carbonyl (C=O) groups excluding carboxylic acids is 2. The third-order valence-corrected chi connectivity index (χ3v) is 5.07. The number of hydrogen-bond acceptors (Lipinski definition) is 4. The number of likely N-dealkylation sites (N-methyl/N-ethyl adjacent to an activating group) is 1. The summed E-state index contributed by atoms with van der Waals surface area (Å²) in [6.45, 7) is 5.09. The molecule has 0 rings (SSSR count). The van der Waals surface area contributed by atoms with Crippen LogP contribution in [0.15, 0.2) is 0 Å². The van der Waals surface area contributed by atoms with E-state index < -0.39 is 12.1 Å². The first-order valence-corrected chi connectivity index (χ1v) is 11.3. The van der Waals surface area contributed by atoms with Crippen molar-refractivity contribution in [3.8, 4) is 0 Å².